The maximum absolute atomic E-state index is 5.35. The van der Waals surface area contributed by atoms with E-state index in [4.69, 9.17) is 19.9 Å². The summed E-state index contributed by atoms with van der Waals surface area (Å²) in [6.07, 6.45) is 0. The molecule has 1 aliphatic rings. The van der Waals surface area contributed by atoms with Crippen molar-refractivity contribution in [2.45, 2.75) is 19.3 Å². The Hall–Kier alpha value is -8.60. The van der Waals surface area contributed by atoms with Gasteiger partial charge < -0.3 is 0 Å². The molecule has 0 bridgehead atoms. The monoisotopic (exact) mass is 854 g/mol. The minimum Gasteiger partial charge on any atom is -0.247 e. The zero-order valence-corrected chi connectivity index (χ0v) is 37.1. The molecule has 0 aliphatic heterocycles. The molecule has 1 aliphatic carbocycles. The molecule has 4 nitrogen and oxygen atoms in total. The molecule has 0 saturated carbocycles. The van der Waals surface area contributed by atoms with Gasteiger partial charge >= 0.3 is 0 Å². The van der Waals surface area contributed by atoms with Gasteiger partial charge in [0.25, 0.3) is 0 Å². The fraction of sp³-hybridized carbons (Fsp3) is 0.0476. The number of fused-ring (bicyclic) bond motifs is 9. The van der Waals surface area contributed by atoms with Gasteiger partial charge in [0.05, 0.1) is 11.2 Å². The van der Waals surface area contributed by atoms with Crippen LogP contribution in [0.1, 0.15) is 25.0 Å². The lowest BCUT2D eigenvalue weighted by atomic mass is 9.81. The summed E-state index contributed by atoms with van der Waals surface area (Å²) >= 11 is 0. The molecule has 67 heavy (non-hydrogen) atoms. The molecule has 0 atom stereocenters. The minimum atomic E-state index is -0.140. The second-order valence-corrected chi connectivity index (χ2v) is 18.2. The smallest absolute Gasteiger partial charge is 0.164 e. The normalized spacial score (nSPS) is 12.7. The van der Waals surface area contributed by atoms with Crippen molar-refractivity contribution in [3.05, 3.63) is 230 Å². The van der Waals surface area contributed by atoms with E-state index in [0.29, 0.717) is 17.5 Å². The van der Waals surface area contributed by atoms with Crippen LogP contribution < -0.4 is 0 Å². The molecule has 0 radical (unpaired) electrons. The van der Waals surface area contributed by atoms with Crippen LogP contribution >= 0.6 is 0 Å². The number of nitrogens with zero attached hydrogens (tertiary/aromatic N) is 4. The summed E-state index contributed by atoms with van der Waals surface area (Å²) in [7, 11) is 0. The maximum Gasteiger partial charge on any atom is 0.164 e. The van der Waals surface area contributed by atoms with Gasteiger partial charge in [0.2, 0.25) is 0 Å². The molecule has 2 heterocycles. The Kier molecular flexibility index (Phi) is 8.84. The lowest BCUT2D eigenvalue weighted by molar-refractivity contribution is 0.661. The van der Waals surface area contributed by atoms with E-state index in [0.717, 1.165) is 77.3 Å². The molecule has 12 aromatic rings. The Bertz CT molecular complexity index is 3890. The molecule has 0 unspecified atom stereocenters. The van der Waals surface area contributed by atoms with Gasteiger partial charge in [-0.05, 0) is 102 Å². The van der Waals surface area contributed by atoms with Crippen molar-refractivity contribution in [2.24, 2.45) is 0 Å². The summed E-state index contributed by atoms with van der Waals surface area (Å²) in [5.74, 6) is 1.87. The molecule has 2 aromatic heterocycles. The molecule has 13 rings (SSSR count). The molecule has 0 spiro atoms. The molecule has 10 aromatic carbocycles. The van der Waals surface area contributed by atoms with E-state index in [9.17, 15) is 0 Å². The number of rotatable bonds is 6. The first-order valence-electron chi connectivity index (χ1n) is 23.0. The highest BCUT2D eigenvalue weighted by Crippen LogP contribution is 2.52. The fourth-order valence-electron chi connectivity index (χ4n) is 10.6. The molecule has 314 valence electrons. The average Bonchev–Trinajstić information content (AvgIpc) is 3.63. The van der Waals surface area contributed by atoms with Gasteiger partial charge in [-0.3, -0.25) is 0 Å². The quantitative estimate of drug-likeness (QED) is 0.156. The molecule has 4 heteroatoms. The van der Waals surface area contributed by atoms with Gasteiger partial charge in [-0.1, -0.05) is 202 Å². The lowest BCUT2D eigenvalue weighted by Crippen LogP contribution is -2.14. The van der Waals surface area contributed by atoms with Crippen LogP contribution in [-0.4, -0.2) is 19.9 Å². The number of aromatic nitrogens is 4. The Morgan fingerprint density at radius 3 is 1.54 bits per heavy atom. The zero-order chi connectivity index (χ0) is 44.6. The fourth-order valence-corrected chi connectivity index (χ4v) is 10.6. The number of benzene rings is 10. The third kappa shape index (κ3) is 6.36. The van der Waals surface area contributed by atoms with Gasteiger partial charge in [0.1, 0.15) is 0 Å². The third-order valence-corrected chi connectivity index (χ3v) is 13.9. The summed E-state index contributed by atoms with van der Waals surface area (Å²) in [6, 6.07) is 78.1. The molecule has 0 N–H and O–H groups in total. The number of pyridine rings is 1. The summed E-state index contributed by atoms with van der Waals surface area (Å²) in [5.41, 5.74) is 15.4. The second kappa shape index (κ2) is 15.3. The molecular formula is C63H42N4. The first-order chi connectivity index (χ1) is 33.0. The van der Waals surface area contributed by atoms with Gasteiger partial charge in [-0.15, -0.1) is 0 Å². The van der Waals surface area contributed by atoms with Gasteiger partial charge in [0, 0.05) is 38.4 Å². The highest BCUT2D eigenvalue weighted by Gasteiger charge is 2.36. The number of para-hydroxylation sites is 1. The SMILES string of the molecule is CC1(C)c2ccc(-c3cc(-c4nc(-c5ccccc5)nc(-c5ccccc5)n4)cc(-c4ccc(-c5nc6ccccc6c6ccccc56)c5ccccc45)c3)cc2-c2c1ccc1ccccc21. The summed E-state index contributed by atoms with van der Waals surface area (Å²) in [6.45, 7) is 4.70. The Morgan fingerprint density at radius 1 is 0.299 bits per heavy atom. The van der Waals surface area contributed by atoms with E-state index < -0.39 is 0 Å². The van der Waals surface area contributed by atoms with Crippen LogP contribution in [0.2, 0.25) is 0 Å². The third-order valence-electron chi connectivity index (χ3n) is 13.9. The van der Waals surface area contributed by atoms with E-state index in [2.05, 4.69) is 196 Å². The summed E-state index contributed by atoms with van der Waals surface area (Å²) < 4.78 is 0. The Balaban J connectivity index is 1.06. The van der Waals surface area contributed by atoms with Gasteiger partial charge in [-0.25, -0.2) is 19.9 Å². The van der Waals surface area contributed by atoms with E-state index in [-0.39, 0.29) is 5.41 Å². The van der Waals surface area contributed by atoms with Crippen LogP contribution in [0.4, 0.5) is 0 Å². The van der Waals surface area contributed by atoms with Crippen LogP contribution in [0.3, 0.4) is 0 Å². The number of hydrogen-bond acceptors (Lipinski definition) is 4. The van der Waals surface area contributed by atoms with Crippen molar-refractivity contribution in [2.75, 3.05) is 0 Å². The van der Waals surface area contributed by atoms with Crippen molar-refractivity contribution in [1.82, 2.24) is 19.9 Å². The Morgan fingerprint density at radius 2 is 0.821 bits per heavy atom. The average molecular weight is 855 g/mol. The van der Waals surface area contributed by atoms with Gasteiger partial charge in [0.15, 0.2) is 17.5 Å². The van der Waals surface area contributed by atoms with Crippen molar-refractivity contribution in [1.29, 1.82) is 0 Å². The van der Waals surface area contributed by atoms with E-state index in [1.807, 2.05) is 36.4 Å². The van der Waals surface area contributed by atoms with E-state index in [1.54, 1.807) is 0 Å². The van der Waals surface area contributed by atoms with Crippen LogP contribution in [0, 0.1) is 0 Å². The maximum atomic E-state index is 5.35. The summed E-state index contributed by atoms with van der Waals surface area (Å²) in [4.78, 5) is 20.9. The predicted octanol–water partition coefficient (Wildman–Crippen LogP) is 16.2. The van der Waals surface area contributed by atoms with Crippen molar-refractivity contribution in [3.8, 4) is 78.8 Å². The first-order valence-corrected chi connectivity index (χ1v) is 23.0. The molecule has 0 fully saturated rings. The van der Waals surface area contributed by atoms with Crippen LogP contribution in [0.5, 0.6) is 0 Å². The highest BCUT2D eigenvalue weighted by molar-refractivity contribution is 6.15. The van der Waals surface area contributed by atoms with Crippen molar-refractivity contribution >= 4 is 43.2 Å². The standard InChI is InChI=1S/C63H42N4/c1-63(2)55-33-30-42(38-54(55)58-47-22-10-9-17-39(47)29-34-56(58)63)43-35-44(37-45(36-43)62-66-60(40-18-5-3-6-19-40)65-61(67-62)41-20-7-4-8-21-41)46-31-32-53(49-24-12-11-23-48(46)49)59-52-27-14-13-25-50(52)51-26-15-16-28-57(51)64-59/h3-38H,1-2H3. The highest BCUT2D eigenvalue weighted by atomic mass is 15.0. The van der Waals surface area contributed by atoms with Crippen molar-refractivity contribution < 1.29 is 0 Å². The van der Waals surface area contributed by atoms with E-state index >= 15 is 0 Å². The van der Waals surface area contributed by atoms with E-state index in [1.165, 1.54) is 38.4 Å². The zero-order valence-electron chi connectivity index (χ0n) is 37.1. The van der Waals surface area contributed by atoms with Crippen LogP contribution in [0.25, 0.3) is 122 Å². The summed E-state index contributed by atoms with van der Waals surface area (Å²) in [5, 5.41) is 8.30. The molecule has 0 amide bonds. The Labute approximate surface area is 389 Å². The van der Waals surface area contributed by atoms with Crippen molar-refractivity contribution in [3.63, 3.8) is 0 Å². The first kappa shape index (κ1) is 38.8. The minimum absolute atomic E-state index is 0.140. The predicted molar refractivity (Wildman–Crippen MR) is 278 cm³/mol. The lowest BCUT2D eigenvalue weighted by Gasteiger charge is -2.21. The largest absolute Gasteiger partial charge is 0.247 e. The number of hydrogen-bond donors (Lipinski definition) is 0. The topological polar surface area (TPSA) is 51.6 Å². The molecule has 0 saturated heterocycles. The van der Waals surface area contributed by atoms with Crippen LogP contribution in [0.15, 0.2) is 218 Å². The van der Waals surface area contributed by atoms with Gasteiger partial charge in [-0.2, -0.15) is 0 Å². The van der Waals surface area contributed by atoms with Crippen LogP contribution in [-0.2, 0) is 5.41 Å². The molecular weight excluding hydrogens is 813 g/mol. The second-order valence-electron chi connectivity index (χ2n) is 18.2.